The van der Waals surface area contributed by atoms with Crippen molar-refractivity contribution in [1.29, 1.82) is 0 Å². The van der Waals surface area contributed by atoms with E-state index in [1.807, 2.05) is 0 Å². The fourth-order valence-electron chi connectivity index (χ4n) is 0.929. The fraction of sp³-hybridized carbons (Fsp3) is 1.00. The summed E-state index contributed by atoms with van der Waals surface area (Å²) in [6.45, 7) is 0.820. The standard InChI is InChI=1S/C4H8O.CH2F.Al/c1-2-3-4-5;1-2;/h1-4H2;1H2;/q-1;;+1. The third-order valence-electron chi connectivity index (χ3n) is 1.45. The van der Waals surface area contributed by atoms with E-state index < -0.39 is 14.5 Å². The molecule has 1 aliphatic rings. The average molecular weight is 132 g/mol. The molecule has 0 bridgehead atoms. The number of hydrogen-bond acceptors (Lipinski definition) is 1. The summed E-state index contributed by atoms with van der Waals surface area (Å²) in [5, 5.41) is 1.05. The number of halogens is 1. The lowest BCUT2D eigenvalue weighted by Gasteiger charge is -2.14. The minimum Gasteiger partial charge on any atom is -0.499 e. The van der Waals surface area contributed by atoms with Gasteiger partial charge in [0, 0.05) is 6.61 Å². The summed E-state index contributed by atoms with van der Waals surface area (Å²) in [5.74, 6) is 0. The van der Waals surface area contributed by atoms with E-state index in [9.17, 15) is 4.39 Å². The zero-order chi connectivity index (χ0) is 5.82. The molecule has 0 aromatic carbocycles. The van der Waals surface area contributed by atoms with Crippen LogP contribution in [0, 0.1) is 0 Å². The van der Waals surface area contributed by atoms with Crippen molar-refractivity contribution in [3.8, 4) is 0 Å². The van der Waals surface area contributed by atoms with Gasteiger partial charge >= 0.3 is 14.5 Å². The van der Waals surface area contributed by atoms with Gasteiger partial charge in [-0.15, -0.1) is 0 Å². The van der Waals surface area contributed by atoms with E-state index in [0.29, 0.717) is 0 Å². The van der Waals surface area contributed by atoms with E-state index in [4.69, 9.17) is 3.79 Å². The van der Waals surface area contributed by atoms with Crippen molar-refractivity contribution in [3.63, 3.8) is 0 Å². The van der Waals surface area contributed by atoms with E-state index in [2.05, 4.69) is 0 Å². The molecule has 0 aliphatic carbocycles. The second-order valence-electron chi connectivity index (χ2n) is 2.14. The Balaban J connectivity index is 2.13. The molecule has 0 N–H and O–H groups in total. The highest BCUT2D eigenvalue weighted by molar-refractivity contribution is 6.51. The molecular weight excluding hydrogens is 122 g/mol. The zero-order valence-corrected chi connectivity index (χ0v) is 6.05. The molecule has 0 spiro atoms. The Kier molecular flexibility index (Phi) is 2.82. The number of hydrogen-bond donors (Lipinski definition) is 0. The summed E-state index contributed by atoms with van der Waals surface area (Å²) in [6, 6.07) is 0. The second kappa shape index (κ2) is 3.45. The van der Waals surface area contributed by atoms with Crippen LogP contribution in [0.3, 0.4) is 0 Å². The SMILES string of the molecule is F[CH2][Al]1[CH2]CCC[O]1. The van der Waals surface area contributed by atoms with Crippen molar-refractivity contribution < 1.29 is 8.18 Å². The predicted molar refractivity (Wildman–Crippen MR) is 31.7 cm³/mol. The molecule has 1 saturated heterocycles. The summed E-state index contributed by atoms with van der Waals surface area (Å²) >= 11 is -1.27. The molecule has 0 unspecified atom stereocenters. The van der Waals surface area contributed by atoms with Crippen molar-refractivity contribution in [1.82, 2.24) is 0 Å². The van der Waals surface area contributed by atoms with Crippen LogP contribution in [0.25, 0.3) is 0 Å². The van der Waals surface area contributed by atoms with E-state index >= 15 is 0 Å². The van der Waals surface area contributed by atoms with Crippen molar-refractivity contribution in [2.24, 2.45) is 0 Å². The maximum atomic E-state index is 11.8. The Bertz CT molecular complexity index is 63.4. The van der Waals surface area contributed by atoms with Gasteiger partial charge in [-0.05, 0) is 6.42 Å². The van der Waals surface area contributed by atoms with E-state index in [-0.39, 0.29) is 5.54 Å². The molecule has 0 amide bonds. The molecule has 0 aromatic heterocycles. The first-order valence-electron chi connectivity index (χ1n) is 3.11. The van der Waals surface area contributed by atoms with E-state index in [1.54, 1.807) is 0 Å². The lowest BCUT2D eigenvalue weighted by Crippen LogP contribution is -2.25. The Morgan fingerprint density at radius 2 is 2.38 bits per heavy atom. The van der Waals surface area contributed by atoms with Gasteiger partial charge in [0.1, 0.15) is 0 Å². The molecule has 3 heteroatoms. The minimum absolute atomic E-state index is 0.167. The van der Waals surface area contributed by atoms with Gasteiger partial charge in [-0.25, -0.2) is 0 Å². The van der Waals surface area contributed by atoms with Gasteiger partial charge < -0.3 is 3.79 Å². The van der Waals surface area contributed by atoms with Crippen LogP contribution in [-0.2, 0) is 3.79 Å². The normalized spacial score (nSPS) is 21.4. The Morgan fingerprint density at radius 1 is 1.50 bits per heavy atom. The maximum Gasteiger partial charge on any atom is 0.495 e. The molecule has 1 nitrogen and oxygen atoms in total. The first kappa shape index (κ1) is 6.54. The number of rotatable bonds is 1. The van der Waals surface area contributed by atoms with Gasteiger partial charge in [0.15, 0.2) is 0 Å². The van der Waals surface area contributed by atoms with Crippen molar-refractivity contribution >= 4 is 14.5 Å². The maximum absolute atomic E-state index is 11.8. The molecule has 0 radical (unpaired) electrons. The van der Waals surface area contributed by atoms with Crippen LogP contribution in [0.4, 0.5) is 4.39 Å². The molecule has 0 atom stereocenters. The minimum atomic E-state index is -1.27. The van der Waals surface area contributed by atoms with Crippen molar-refractivity contribution in [2.45, 2.75) is 18.1 Å². The topological polar surface area (TPSA) is 9.23 Å². The van der Waals surface area contributed by atoms with Gasteiger partial charge in [-0.2, -0.15) is 0 Å². The van der Waals surface area contributed by atoms with Gasteiger partial charge in [0.25, 0.3) is 0 Å². The molecule has 1 heterocycles. The number of alkyl halides is 1. The highest BCUT2D eigenvalue weighted by Crippen LogP contribution is 2.10. The van der Waals surface area contributed by atoms with Crippen molar-refractivity contribution in [3.05, 3.63) is 0 Å². The lowest BCUT2D eigenvalue weighted by molar-refractivity contribution is 0.276. The highest BCUT2D eigenvalue weighted by Gasteiger charge is 2.22. The van der Waals surface area contributed by atoms with Crippen LogP contribution in [-0.4, -0.2) is 26.6 Å². The zero-order valence-electron chi connectivity index (χ0n) is 4.90. The van der Waals surface area contributed by atoms with Crippen LogP contribution in [0.2, 0.25) is 5.28 Å². The molecule has 46 valence electrons. The van der Waals surface area contributed by atoms with E-state index in [0.717, 1.165) is 18.3 Å². The molecule has 8 heavy (non-hydrogen) atoms. The Hall–Kier alpha value is 0.422. The Labute approximate surface area is 53.6 Å². The van der Waals surface area contributed by atoms with Crippen LogP contribution in [0.5, 0.6) is 0 Å². The van der Waals surface area contributed by atoms with Gasteiger partial charge in [0.05, 0.1) is 5.54 Å². The molecule has 1 rings (SSSR count). The molecule has 1 fully saturated rings. The lowest BCUT2D eigenvalue weighted by atomic mass is 10.4. The summed E-state index contributed by atoms with van der Waals surface area (Å²) < 4.78 is 17.0. The van der Waals surface area contributed by atoms with Gasteiger partial charge in [-0.1, -0.05) is 11.7 Å². The van der Waals surface area contributed by atoms with Gasteiger partial charge in [0.2, 0.25) is 0 Å². The first-order valence-corrected chi connectivity index (χ1v) is 5.21. The molecule has 1 aliphatic heterocycles. The molecular formula is C5H10AlFO. The van der Waals surface area contributed by atoms with E-state index in [1.165, 1.54) is 6.42 Å². The summed E-state index contributed by atoms with van der Waals surface area (Å²) in [7, 11) is 0. The predicted octanol–water partition coefficient (Wildman–Crippen LogP) is 1.30. The average Bonchev–Trinajstić information content (AvgIpc) is 1.90. The second-order valence-corrected chi connectivity index (χ2v) is 4.61. The van der Waals surface area contributed by atoms with Crippen LogP contribution in [0.15, 0.2) is 0 Å². The largest absolute Gasteiger partial charge is 0.499 e. The van der Waals surface area contributed by atoms with Crippen LogP contribution in [0.1, 0.15) is 12.8 Å². The molecule has 0 aromatic rings. The highest BCUT2D eigenvalue weighted by atomic mass is 27.2. The smallest absolute Gasteiger partial charge is 0.495 e. The monoisotopic (exact) mass is 132 g/mol. The quantitative estimate of drug-likeness (QED) is 0.488. The van der Waals surface area contributed by atoms with Gasteiger partial charge in [-0.3, -0.25) is 4.39 Å². The first-order chi connectivity index (χ1) is 3.93. The Morgan fingerprint density at radius 3 is 2.75 bits per heavy atom. The fourth-order valence-corrected chi connectivity index (χ4v) is 2.58. The summed E-state index contributed by atoms with van der Waals surface area (Å²) in [4.78, 5) is 0. The van der Waals surface area contributed by atoms with Crippen molar-refractivity contribution in [2.75, 3.05) is 12.1 Å². The molecule has 0 saturated carbocycles. The third-order valence-corrected chi connectivity index (χ3v) is 3.55. The van der Waals surface area contributed by atoms with Crippen LogP contribution < -0.4 is 0 Å². The third kappa shape index (κ3) is 1.74. The van der Waals surface area contributed by atoms with Crippen LogP contribution >= 0.6 is 0 Å². The summed E-state index contributed by atoms with van der Waals surface area (Å²) in [5.41, 5.74) is -0.167. The summed E-state index contributed by atoms with van der Waals surface area (Å²) in [6.07, 6.45) is 2.34.